The second-order valence-corrected chi connectivity index (χ2v) is 11.6. The molecule has 2 aliphatic heterocycles. The smallest absolute Gasteiger partial charge is 0.399 e. The van der Waals surface area contributed by atoms with E-state index < -0.39 is 18.3 Å². The highest BCUT2D eigenvalue weighted by Gasteiger charge is 2.54. The van der Waals surface area contributed by atoms with Gasteiger partial charge in [0.25, 0.3) is 11.8 Å². The van der Waals surface area contributed by atoms with Crippen LogP contribution in [0.2, 0.25) is 0 Å². The van der Waals surface area contributed by atoms with Crippen LogP contribution < -0.4 is 5.46 Å². The number of fused-ring (bicyclic) bond motifs is 2. The van der Waals surface area contributed by atoms with Gasteiger partial charge in [0.1, 0.15) is 10.7 Å². The van der Waals surface area contributed by atoms with E-state index >= 15 is 0 Å². The van der Waals surface area contributed by atoms with Crippen molar-refractivity contribution >= 4 is 35.7 Å². The van der Waals surface area contributed by atoms with Gasteiger partial charge in [-0.05, 0) is 57.6 Å². The van der Waals surface area contributed by atoms with Crippen LogP contribution >= 0.6 is 11.3 Å². The molecule has 0 bridgehead atoms. The number of carbonyl (C=O) groups is 2. The number of rotatable bonds is 4. The van der Waals surface area contributed by atoms with Gasteiger partial charge >= 0.3 is 7.12 Å². The number of benzene rings is 1. The fourth-order valence-electron chi connectivity index (χ4n) is 4.59. The highest BCUT2D eigenvalue weighted by molar-refractivity contribution is 7.09. The fourth-order valence-corrected chi connectivity index (χ4v) is 5.37. The van der Waals surface area contributed by atoms with Gasteiger partial charge in [-0.1, -0.05) is 12.1 Å². The topological polar surface area (TPSA) is 72.0 Å². The second kappa shape index (κ2) is 7.39. The summed E-state index contributed by atoms with van der Waals surface area (Å²) in [6, 6.07) is 6.00. The zero-order chi connectivity index (χ0) is 23.8. The predicted molar refractivity (Wildman–Crippen MR) is 128 cm³/mol. The third-order valence-electron chi connectivity index (χ3n) is 7.51. The molecule has 1 spiro atoms. The fraction of sp³-hybridized carbons (Fsp3) is 0.542. The quantitative estimate of drug-likeness (QED) is 0.647. The van der Waals surface area contributed by atoms with E-state index in [1.165, 1.54) is 16.2 Å². The number of aromatic nitrogens is 1. The largest absolute Gasteiger partial charge is 0.494 e. The van der Waals surface area contributed by atoms with Crippen LogP contribution in [-0.4, -0.2) is 65.6 Å². The maximum Gasteiger partial charge on any atom is 0.494 e. The first-order chi connectivity index (χ1) is 15.4. The molecule has 1 aliphatic carbocycles. The van der Waals surface area contributed by atoms with E-state index in [9.17, 15) is 9.59 Å². The number of thiazole rings is 1. The highest BCUT2D eigenvalue weighted by Crippen LogP contribution is 2.52. The molecule has 0 radical (unpaired) electrons. The van der Waals surface area contributed by atoms with Crippen LogP contribution in [0.15, 0.2) is 23.6 Å². The minimum absolute atomic E-state index is 0.0115. The third kappa shape index (κ3) is 3.70. The van der Waals surface area contributed by atoms with Gasteiger partial charge in [-0.15, -0.1) is 11.3 Å². The highest BCUT2D eigenvalue weighted by atomic mass is 32.1. The van der Waals surface area contributed by atoms with E-state index in [-0.39, 0.29) is 17.2 Å². The van der Waals surface area contributed by atoms with Gasteiger partial charge in [0.15, 0.2) is 0 Å². The van der Waals surface area contributed by atoms with Crippen molar-refractivity contribution in [3.63, 3.8) is 0 Å². The van der Waals surface area contributed by atoms with Crippen LogP contribution in [0.4, 0.5) is 0 Å². The maximum absolute atomic E-state index is 13.4. The minimum atomic E-state index is -0.438. The molecule has 0 atom stereocenters. The summed E-state index contributed by atoms with van der Waals surface area (Å²) >= 11 is 1.43. The van der Waals surface area contributed by atoms with Crippen LogP contribution in [0.1, 0.15) is 72.0 Å². The molecule has 33 heavy (non-hydrogen) atoms. The lowest BCUT2D eigenvalue weighted by atomic mass is 9.74. The van der Waals surface area contributed by atoms with Crippen molar-refractivity contribution in [1.82, 2.24) is 14.8 Å². The average Bonchev–Trinajstić information content (AvgIpc) is 3.29. The lowest BCUT2D eigenvalue weighted by Crippen LogP contribution is -2.44. The Balaban J connectivity index is 1.39. The molecule has 1 saturated carbocycles. The van der Waals surface area contributed by atoms with Crippen molar-refractivity contribution in [2.75, 3.05) is 20.6 Å². The standard InChI is InChI=1S/C24H30BN3O4S/c1-22(2)23(3,4)32-25(31-22)15-7-8-16-17(11-15)24(9-10-24)14-28(20(16)29)12-19-26-18(13-33-19)21(30)27(5)6/h7-8,11,13H,9-10,12,14H2,1-6H3. The van der Waals surface area contributed by atoms with E-state index in [1.54, 1.807) is 19.5 Å². The first kappa shape index (κ1) is 22.6. The Morgan fingerprint density at radius 1 is 1.18 bits per heavy atom. The third-order valence-corrected chi connectivity index (χ3v) is 8.34. The van der Waals surface area contributed by atoms with Crippen LogP contribution in [0.5, 0.6) is 0 Å². The summed E-state index contributed by atoms with van der Waals surface area (Å²) < 4.78 is 12.5. The molecule has 9 heteroatoms. The summed E-state index contributed by atoms with van der Waals surface area (Å²) in [5.41, 5.74) is 2.43. The molecule has 2 amide bonds. The number of hydrogen-bond acceptors (Lipinski definition) is 6. The Labute approximate surface area is 199 Å². The van der Waals surface area contributed by atoms with Gasteiger partial charge in [0.2, 0.25) is 0 Å². The summed E-state index contributed by atoms with van der Waals surface area (Å²) in [6.07, 6.45) is 2.11. The Hall–Kier alpha value is -2.23. The zero-order valence-electron chi connectivity index (χ0n) is 20.1. The molecule has 1 aromatic heterocycles. The summed E-state index contributed by atoms with van der Waals surface area (Å²) in [4.78, 5) is 33.4. The maximum atomic E-state index is 13.4. The molecule has 3 heterocycles. The molecule has 1 aromatic carbocycles. The molecule has 7 nitrogen and oxygen atoms in total. The average molecular weight is 467 g/mol. The second-order valence-electron chi connectivity index (χ2n) is 10.7. The molecule has 5 rings (SSSR count). The van der Waals surface area contributed by atoms with Crippen molar-refractivity contribution in [2.24, 2.45) is 0 Å². The van der Waals surface area contributed by atoms with Crippen molar-refractivity contribution in [1.29, 1.82) is 0 Å². The number of amides is 2. The minimum Gasteiger partial charge on any atom is -0.399 e. The van der Waals surface area contributed by atoms with E-state index in [1.807, 2.05) is 44.7 Å². The molecule has 0 N–H and O–H groups in total. The van der Waals surface area contributed by atoms with E-state index in [0.717, 1.165) is 34.4 Å². The Morgan fingerprint density at radius 3 is 2.45 bits per heavy atom. The summed E-state index contributed by atoms with van der Waals surface area (Å²) in [6.45, 7) is 9.28. The summed E-state index contributed by atoms with van der Waals surface area (Å²) in [5, 5.41) is 2.55. The number of hydrogen-bond donors (Lipinski definition) is 0. The predicted octanol–water partition coefficient (Wildman–Crippen LogP) is 2.83. The first-order valence-corrected chi connectivity index (χ1v) is 12.3. The number of carbonyl (C=O) groups excluding carboxylic acids is 2. The zero-order valence-corrected chi connectivity index (χ0v) is 20.9. The van der Waals surface area contributed by atoms with E-state index in [0.29, 0.717) is 18.8 Å². The van der Waals surface area contributed by atoms with Gasteiger partial charge in [0.05, 0.1) is 17.7 Å². The molecule has 2 fully saturated rings. The lowest BCUT2D eigenvalue weighted by molar-refractivity contribution is 0.00578. The molecule has 174 valence electrons. The van der Waals surface area contributed by atoms with Gasteiger partial charge < -0.3 is 19.1 Å². The SMILES string of the molecule is CN(C)C(=O)c1csc(CN2CC3(CC3)c3cc(B4OC(C)(C)C(C)(C)O4)ccc3C2=O)n1. The normalized spacial score (nSPS) is 21.9. The van der Waals surface area contributed by atoms with Crippen molar-refractivity contribution in [3.8, 4) is 0 Å². The first-order valence-electron chi connectivity index (χ1n) is 11.4. The monoisotopic (exact) mass is 467 g/mol. The van der Waals surface area contributed by atoms with Gasteiger partial charge in [-0.2, -0.15) is 0 Å². The molecular formula is C24H30BN3O4S. The lowest BCUT2D eigenvalue weighted by Gasteiger charge is -2.34. The van der Waals surface area contributed by atoms with Crippen molar-refractivity contribution < 1.29 is 18.9 Å². The molecular weight excluding hydrogens is 437 g/mol. The van der Waals surface area contributed by atoms with Crippen LogP contribution in [0.25, 0.3) is 0 Å². The molecule has 0 unspecified atom stereocenters. The Morgan fingerprint density at radius 2 is 1.85 bits per heavy atom. The summed E-state index contributed by atoms with van der Waals surface area (Å²) in [5.74, 6) is -0.111. The van der Waals surface area contributed by atoms with Crippen LogP contribution in [-0.2, 0) is 21.3 Å². The number of nitrogens with zero attached hydrogens (tertiary/aromatic N) is 3. The molecule has 3 aliphatic rings. The van der Waals surface area contributed by atoms with Gasteiger partial charge in [-0.25, -0.2) is 4.98 Å². The van der Waals surface area contributed by atoms with Crippen LogP contribution in [0, 0.1) is 0 Å². The summed E-state index contributed by atoms with van der Waals surface area (Å²) in [7, 11) is 2.98. The Bertz CT molecular complexity index is 1120. The van der Waals surface area contributed by atoms with Gasteiger partial charge in [-0.3, -0.25) is 9.59 Å². The molecule has 2 aromatic rings. The van der Waals surface area contributed by atoms with E-state index in [2.05, 4.69) is 11.1 Å². The Kier molecular flexibility index (Phi) is 5.05. The van der Waals surface area contributed by atoms with Crippen molar-refractivity contribution in [3.05, 3.63) is 45.4 Å². The van der Waals surface area contributed by atoms with Crippen LogP contribution in [0.3, 0.4) is 0 Å². The van der Waals surface area contributed by atoms with Gasteiger partial charge in [0, 0.05) is 37.0 Å². The van der Waals surface area contributed by atoms with Crippen molar-refractivity contribution in [2.45, 2.75) is 63.7 Å². The molecule has 1 saturated heterocycles. The van der Waals surface area contributed by atoms with E-state index in [4.69, 9.17) is 9.31 Å².